The molecule has 0 saturated carbocycles. The van der Waals surface area contributed by atoms with E-state index in [9.17, 15) is 4.79 Å². The van der Waals surface area contributed by atoms with Crippen LogP contribution in [0.4, 0.5) is 10.5 Å². The third-order valence-corrected chi connectivity index (χ3v) is 3.86. The summed E-state index contributed by atoms with van der Waals surface area (Å²) in [6.07, 6.45) is 3.33. The number of amides is 2. The Hall–Kier alpha value is -1.55. The second-order valence-corrected chi connectivity index (χ2v) is 5.55. The molecule has 4 heteroatoms. The Balaban J connectivity index is 1.70. The number of anilines is 1. The molecule has 1 unspecified atom stereocenters. The van der Waals surface area contributed by atoms with Crippen molar-refractivity contribution in [2.45, 2.75) is 33.1 Å². The van der Waals surface area contributed by atoms with Crippen molar-refractivity contribution in [2.75, 3.05) is 25.1 Å². The predicted molar refractivity (Wildman–Crippen MR) is 81.1 cm³/mol. The molecule has 1 fully saturated rings. The fourth-order valence-corrected chi connectivity index (χ4v) is 2.42. The summed E-state index contributed by atoms with van der Waals surface area (Å²) < 4.78 is 5.43. The molecule has 2 rings (SSSR count). The molecular formula is C16H24N2O2. The van der Waals surface area contributed by atoms with E-state index < -0.39 is 0 Å². The summed E-state index contributed by atoms with van der Waals surface area (Å²) >= 11 is 0. The lowest BCUT2D eigenvalue weighted by Gasteiger charge is -2.21. The summed E-state index contributed by atoms with van der Waals surface area (Å²) in [7, 11) is 0. The van der Waals surface area contributed by atoms with Crippen LogP contribution in [0, 0.1) is 19.8 Å². The van der Waals surface area contributed by atoms with Crippen molar-refractivity contribution in [3.8, 4) is 0 Å². The third kappa shape index (κ3) is 4.53. The number of hydrogen-bond acceptors (Lipinski definition) is 2. The summed E-state index contributed by atoms with van der Waals surface area (Å²) in [5.74, 6) is 0.589. The Morgan fingerprint density at radius 1 is 1.35 bits per heavy atom. The highest BCUT2D eigenvalue weighted by Crippen LogP contribution is 2.16. The van der Waals surface area contributed by atoms with Crippen molar-refractivity contribution in [3.63, 3.8) is 0 Å². The van der Waals surface area contributed by atoms with Gasteiger partial charge < -0.3 is 15.4 Å². The Kier molecular flexibility index (Phi) is 5.41. The Bertz CT molecular complexity index is 454. The number of carbonyl (C=O) groups is 1. The van der Waals surface area contributed by atoms with E-state index in [0.717, 1.165) is 31.7 Å². The number of benzene rings is 1. The smallest absolute Gasteiger partial charge is 0.319 e. The van der Waals surface area contributed by atoms with Crippen molar-refractivity contribution in [2.24, 2.45) is 5.92 Å². The van der Waals surface area contributed by atoms with Crippen molar-refractivity contribution in [1.82, 2.24) is 5.32 Å². The largest absolute Gasteiger partial charge is 0.381 e. The molecule has 2 amide bonds. The molecular weight excluding hydrogens is 252 g/mol. The topological polar surface area (TPSA) is 50.4 Å². The normalized spacial score (nSPS) is 18.6. The maximum atomic E-state index is 11.8. The van der Waals surface area contributed by atoms with Crippen LogP contribution >= 0.6 is 0 Å². The summed E-state index contributed by atoms with van der Waals surface area (Å²) in [6, 6.07) is 5.80. The van der Waals surface area contributed by atoms with Crippen LogP contribution in [0.1, 0.15) is 30.4 Å². The summed E-state index contributed by atoms with van der Waals surface area (Å²) in [5, 5.41) is 5.77. The molecule has 0 aromatic heterocycles. The first-order valence-electron chi connectivity index (χ1n) is 7.35. The predicted octanol–water partition coefficient (Wildman–Crippen LogP) is 3.24. The molecule has 1 heterocycles. The van der Waals surface area contributed by atoms with E-state index in [1.807, 2.05) is 25.1 Å². The van der Waals surface area contributed by atoms with Gasteiger partial charge in [0.2, 0.25) is 0 Å². The monoisotopic (exact) mass is 276 g/mol. The third-order valence-electron chi connectivity index (χ3n) is 3.86. The number of aryl methyl sites for hydroxylation is 2. The van der Waals surface area contributed by atoms with Crippen LogP contribution in [0.5, 0.6) is 0 Å². The number of carbonyl (C=O) groups excluding carboxylic acids is 1. The number of ether oxygens (including phenoxy) is 1. The van der Waals surface area contributed by atoms with E-state index >= 15 is 0 Å². The highest BCUT2D eigenvalue weighted by molar-refractivity contribution is 5.89. The first-order chi connectivity index (χ1) is 9.65. The summed E-state index contributed by atoms with van der Waals surface area (Å²) in [4.78, 5) is 11.8. The van der Waals surface area contributed by atoms with Crippen LogP contribution in [-0.4, -0.2) is 25.8 Å². The first kappa shape index (κ1) is 14.9. The van der Waals surface area contributed by atoms with Crippen LogP contribution in [-0.2, 0) is 4.74 Å². The lowest BCUT2D eigenvalue weighted by molar-refractivity contribution is 0.0520. The molecule has 1 aromatic carbocycles. The molecule has 110 valence electrons. The van der Waals surface area contributed by atoms with Crippen LogP contribution < -0.4 is 10.6 Å². The fourth-order valence-electron chi connectivity index (χ4n) is 2.42. The maximum Gasteiger partial charge on any atom is 0.319 e. The summed E-state index contributed by atoms with van der Waals surface area (Å²) in [5.41, 5.74) is 3.25. The van der Waals surface area contributed by atoms with Gasteiger partial charge >= 0.3 is 6.03 Å². The molecule has 0 radical (unpaired) electrons. The van der Waals surface area contributed by atoms with Crippen molar-refractivity contribution in [1.29, 1.82) is 0 Å². The van der Waals surface area contributed by atoms with E-state index in [4.69, 9.17) is 4.74 Å². The minimum atomic E-state index is -0.134. The highest BCUT2D eigenvalue weighted by Gasteiger charge is 2.13. The zero-order chi connectivity index (χ0) is 14.4. The van der Waals surface area contributed by atoms with E-state index in [1.54, 1.807) is 0 Å². The average Bonchev–Trinajstić information content (AvgIpc) is 2.44. The second kappa shape index (κ2) is 7.29. The van der Waals surface area contributed by atoms with Gasteiger partial charge in [-0.15, -0.1) is 0 Å². The molecule has 20 heavy (non-hydrogen) atoms. The molecule has 1 atom stereocenters. The first-order valence-corrected chi connectivity index (χ1v) is 7.35. The Labute approximate surface area is 120 Å². The van der Waals surface area contributed by atoms with E-state index in [1.165, 1.54) is 17.5 Å². The minimum Gasteiger partial charge on any atom is -0.381 e. The van der Waals surface area contributed by atoms with Crippen LogP contribution in [0.2, 0.25) is 0 Å². The number of nitrogens with one attached hydrogen (secondary N) is 2. The Morgan fingerprint density at radius 2 is 2.20 bits per heavy atom. The molecule has 0 bridgehead atoms. The zero-order valence-electron chi connectivity index (χ0n) is 12.4. The lowest BCUT2D eigenvalue weighted by atomic mass is 9.99. The van der Waals surface area contributed by atoms with Gasteiger partial charge in [-0.25, -0.2) is 4.79 Å². The minimum absolute atomic E-state index is 0.134. The number of rotatable bonds is 4. The standard InChI is InChI=1S/C16H24N2O2/c1-12-5-6-15(10-13(12)2)18-16(19)17-8-7-14-4-3-9-20-11-14/h5-6,10,14H,3-4,7-9,11H2,1-2H3,(H2,17,18,19). The molecule has 2 N–H and O–H groups in total. The van der Waals surface area contributed by atoms with Gasteiger partial charge in [0.1, 0.15) is 0 Å². The van der Waals surface area contributed by atoms with Gasteiger partial charge in [0.05, 0.1) is 0 Å². The Morgan fingerprint density at radius 3 is 2.90 bits per heavy atom. The van der Waals surface area contributed by atoms with Crippen molar-refractivity contribution >= 4 is 11.7 Å². The van der Waals surface area contributed by atoms with Gasteiger partial charge in [-0.3, -0.25) is 0 Å². The van der Waals surface area contributed by atoms with Gasteiger partial charge in [0, 0.05) is 25.4 Å². The quantitative estimate of drug-likeness (QED) is 0.887. The van der Waals surface area contributed by atoms with Crippen molar-refractivity contribution < 1.29 is 9.53 Å². The lowest BCUT2D eigenvalue weighted by Crippen LogP contribution is -2.31. The molecule has 1 aliphatic rings. The highest BCUT2D eigenvalue weighted by atomic mass is 16.5. The molecule has 1 saturated heterocycles. The number of hydrogen-bond donors (Lipinski definition) is 2. The van der Waals surface area contributed by atoms with Gasteiger partial charge in [-0.2, -0.15) is 0 Å². The molecule has 4 nitrogen and oxygen atoms in total. The van der Waals surface area contributed by atoms with E-state index in [0.29, 0.717) is 12.5 Å². The maximum absolute atomic E-state index is 11.8. The zero-order valence-corrected chi connectivity index (χ0v) is 12.4. The SMILES string of the molecule is Cc1ccc(NC(=O)NCCC2CCCOC2)cc1C. The summed E-state index contributed by atoms with van der Waals surface area (Å²) in [6.45, 7) is 6.52. The van der Waals surface area contributed by atoms with E-state index in [2.05, 4.69) is 17.6 Å². The number of urea groups is 1. The van der Waals surface area contributed by atoms with Gasteiger partial charge in [0.25, 0.3) is 0 Å². The van der Waals surface area contributed by atoms with Crippen LogP contribution in [0.25, 0.3) is 0 Å². The fraction of sp³-hybridized carbons (Fsp3) is 0.562. The molecule has 0 aliphatic carbocycles. The van der Waals surface area contributed by atoms with Gasteiger partial charge in [-0.1, -0.05) is 6.07 Å². The van der Waals surface area contributed by atoms with Crippen LogP contribution in [0.15, 0.2) is 18.2 Å². The van der Waals surface area contributed by atoms with Gasteiger partial charge in [0.15, 0.2) is 0 Å². The van der Waals surface area contributed by atoms with Crippen LogP contribution in [0.3, 0.4) is 0 Å². The molecule has 1 aromatic rings. The van der Waals surface area contributed by atoms with Gasteiger partial charge in [-0.05, 0) is 62.3 Å². The van der Waals surface area contributed by atoms with E-state index in [-0.39, 0.29) is 6.03 Å². The second-order valence-electron chi connectivity index (χ2n) is 5.55. The average molecular weight is 276 g/mol. The molecule has 0 spiro atoms. The molecule has 1 aliphatic heterocycles. The van der Waals surface area contributed by atoms with Crippen molar-refractivity contribution in [3.05, 3.63) is 29.3 Å².